The van der Waals surface area contributed by atoms with Gasteiger partial charge >= 0.3 is 0 Å². The minimum Gasteiger partial charge on any atom is -0.368 e. The Kier molecular flexibility index (Phi) is 14.9. The molecule has 2 rings (SSSR count). The van der Waals surface area contributed by atoms with Crippen molar-refractivity contribution in [3.63, 3.8) is 0 Å². The van der Waals surface area contributed by atoms with Crippen LogP contribution in [0.15, 0.2) is 42.6 Å². The number of hydrazine groups is 1. The minimum absolute atomic E-state index is 0. The summed E-state index contributed by atoms with van der Waals surface area (Å²) >= 11 is 0. The number of benzene rings is 1. The molecule has 0 bridgehead atoms. The molecule has 1 aromatic heterocycles. The number of amides is 1. The third kappa shape index (κ3) is 9.82. The highest BCUT2D eigenvalue weighted by Crippen LogP contribution is 2.12. The maximum Gasteiger partial charge on any atom is 0.238 e. The van der Waals surface area contributed by atoms with E-state index in [0.29, 0.717) is 12.5 Å². The van der Waals surface area contributed by atoms with Gasteiger partial charge in [0.05, 0.1) is 6.42 Å². The quantitative estimate of drug-likeness (QED) is 0.334. The number of nitrogens with one attached hydrogen (secondary N) is 2. The molecule has 1 heterocycles. The number of carbonyl (C=O) groups is 1. The Bertz CT molecular complexity index is 651. The van der Waals surface area contributed by atoms with Crippen molar-refractivity contribution in [3.8, 4) is 0 Å². The Morgan fingerprint density at radius 1 is 1.00 bits per heavy atom. The topological polar surface area (TPSA) is 80.0 Å². The van der Waals surface area contributed by atoms with Crippen molar-refractivity contribution in [2.24, 2.45) is 5.84 Å². The second-order valence-electron chi connectivity index (χ2n) is 6.07. The molecule has 0 saturated carbocycles. The molecular weight excluding hydrogens is 407 g/mol. The van der Waals surface area contributed by atoms with Gasteiger partial charge in [-0.2, -0.15) is 0 Å². The largest absolute Gasteiger partial charge is 0.368 e. The first-order valence-corrected chi connectivity index (χ1v) is 8.39. The van der Waals surface area contributed by atoms with Crippen LogP contribution in [0.4, 0.5) is 5.82 Å². The number of carbonyl (C=O) groups excluding carboxylic acids is 1. The number of hydrogen-bond donors (Lipinski definition) is 3. The summed E-state index contributed by atoms with van der Waals surface area (Å²) in [6.07, 6.45) is 5.21. The van der Waals surface area contributed by atoms with Gasteiger partial charge in [-0.25, -0.2) is 10.8 Å². The molecule has 0 aliphatic heterocycles. The molecule has 1 unspecified atom stereocenters. The SMILES string of the molecule is CCC(C)Nc1ccc(CCc2ccc(CC(=O)NN)cc2)cn1.Cl.Cl.Cl. The van der Waals surface area contributed by atoms with Crippen LogP contribution in [0.2, 0.25) is 0 Å². The van der Waals surface area contributed by atoms with E-state index in [1.54, 1.807) is 0 Å². The molecule has 0 aliphatic rings. The highest BCUT2D eigenvalue weighted by Gasteiger charge is 2.03. The first-order chi connectivity index (χ1) is 11.6. The molecule has 8 heteroatoms. The molecule has 0 fully saturated rings. The number of pyridine rings is 1. The maximum absolute atomic E-state index is 11.2. The minimum atomic E-state index is -0.181. The lowest BCUT2D eigenvalue weighted by molar-refractivity contribution is -0.120. The Balaban J connectivity index is 0. The van der Waals surface area contributed by atoms with E-state index in [4.69, 9.17) is 5.84 Å². The summed E-state index contributed by atoms with van der Waals surface area (Å²) in [5.74, 6) is 5.84. The molecule has 0 spiro atoms. The Morgan fingerprint density at radius 3 is 2.07 bits per heavy atom. The summed E-state index contributed by atoms with van der Waals surface area (Å²) in [4.78, 5) is 15.7. The number of aromatic nitrogens is 1. The smallest absolute Gasteiger partial charge is 0.238 e. The van der Waals surface area contributed by atoms with Gasteiger partial charge in [0.15, 0.2) is 0 Å². The lowest BCUT2D eigenvalue weighted by Gasteiger charge is -2.12. The Morgan fingerprint density at radius 2 is 1.56 bits per heavy atom. The number of anilines is 1. The predicted molar refractivity (Wildman–Crippen MR) is 119 cm³/mol. The van der Waals surface area contributed by atoms with Crippen molar-refractivity contribution >= 4 is 48.9 Å². The van der Waals surface area contributed by atoms with E-state index in [1.165, 1.54) is 11.1 Å². The number of rotatable bonds is 8. The van der Waals surface area contributed by atoms with E-state index in [-0.39, 0.29) is 43.1 Å². The monoisotopic (exact) mass is 434 g/mol. The molecule has 1 atom stereocenters. The van der Waals surface area contributed by atoms with Gasteiger partial charge in [-0.3, -0.25) is 10.2 Å². The van der Waals surface area contributed by atoms with Crippen molar-refractivity contribution in [1.29, 1.82) is 0 Å². The van der Waals surface area contributed by atoms with Crippen LogP contribution in [0, 0.1) is 0 Å². The lowest BCUT2D eigenvalue weighted by atomic mass is 10.0. The summed E-state index contributed by atoms with van der Waals surface area (Å²) in [5.41, 5.74) is 5.57. The molecule has 152 valence electrons. The van der Waals surface area contributed by atoms with Gasteiger partial charge in [0.2, 0.25) is 5.91 Å². The van der Waals surface area contributed by atoms with Crippen LogP contribution < -0.4 is 16.6 Å². The molecule has 2 aromatic rings. The molecule has 0 radical (unpaired) electrons. The zero-order chi connectivity index (χ0) is 17.4. The highest BCUT2D eigenvalue weighted by molar-refractivity contribution is 5.86. The van der Waals surface area contributed by atoms with Crippen molar-refractivity contribution in [2.75, 3.05) is 5.32 Å². The molecule has 1 aromatic carbocycles. The summed E-state index contributed by atoms with van der Waals surface area (Å²) in [6.45, 7) is 4.30. The average molecular weight is 436 g/mol. The molecule has 5 nitrogen and oxygen atoms in total. The molecule has 27 heavy (non-hydrogen) atoms. The predicted octanol–water partition coefficient (Wildman–Crippen LogP) is 3.88. The van der Waals surface area contributed by atoms with Crippen molar-refractivity contribution in [1.82, 2.24) is 10.4 Å². The van der Waals surface area contributed by atoms with Crippen LogP contribution >= 0.6 is 37.2 Å². The fourth-order valence-corrected chi connectivity index (χ4v) is 2.36. The number of hydrogen-bond acceptors (Lipinski definition) is 4. The molecule has 0 saturated heterocycles. The van der Waals surface area contributed by atoms with Gasteiger partial charge in [-0.05, 0) is 48.9 Å². The van der Waals surface area contributed by atoms with Gasteiger partial charge in [-0.15, -0.1) is 37.2 Å². The molecule has 4 N–H and O–H groups in total. The van der Waals surface area contributed by atoms with E-state index in [1.807, 2.05) is 24.4 Å². The number of nitrogens with two attached hydrogens (primary N) is 1. The van der Waals surface area contributed by atoms with E-state index in [2.05, 4.69) is 47.8 Å². The zero-order valence-corrected chi connectivity index (χ0v) is 18.1. The highest BCUT2D eigenvalue weighted by atomic mass is 35.5. The Hall–Kier alpha value is -1.53. The fourth-order valence-electron chi connectivity index (χ4n) is 2.36. The van der Waals surface area contributed by atoms with Crippen molar-refractivity contribution < 1.29 is 4.79 Å². The van der Waals surface area contributed by atoms with Crippen LogP contribution in [-0.2, 0) is 24.1 Å². The van der Waals surface area contributed by atoms with Gasteiger partial charge in [0, 0.05) is 12.2 Å². The second kappa shape index (κ2) is 14.5. The average Bonchev–Trinajstić information content (AvgIpc) is 2.62. The van der Waals surface area contributed by atoms with Crippen molar-refractivity contribution in [2.45, 2.75) is 45.6 Å². The standard InChI is InChI=1S/C19H26N4O.3ClH/c1-3-14(2)22-18-11-10-17(13-21-18)9-6-15-4-7-16(8-5-15)12-19(24)23-20;;;/h4-5,7-8,10-11,13-14H,3,6,9,12,20H2,1-2H3,(H,21,22)(H,23,24);3*1H. The van der Waals surface area contributed by atoms with Crippen LogP contribution in [0.1, 0.15) is 37.0 Å². The third-order valence-corrected chi connectivity index (χ3v) is 4.08. The maximum atomic E-state index is 11.2. The van der Waals surface area contributed by atoms with Gasteiger partial charge in [-0.1, -0.05) is 37.3 Å². The van der Waals surface area contributed by atoms with Crippen LogP contribution in [-0.4, -0.2) is 16.9 Å². The van der Waals surface area contributed by atoms with Crippen molar-refractivity contribution in [3.05, 3.63) is 59.3 Å². The van der Waals surface area contributed by atoms with Crippen LogP contribution in [0.3, 0.4) is 0 Å². The summed E-state index contributed by atoms with van der Waals surface area (Å²) < 4.78 is 0. The lowest BCUT2D eigenvalue weighted by Crippen LogP contribution is -2.31. The first kappa shape index (κ1) is 27.7. The number of halogens is 3. The normalized spacial score (nSPS) is 10.5. The summed E-state index contributed by atoms with van der Waals surface area (Å²) in [5, 5.41) is 3.37. The molecular formula is C19H29Cl3N4O. The summed E-state index contributed by atoms with van der Waals surface area (Å²) in [7, 11) is 0. The van der Waals surface area contributed by atoms with Crippen LogP contribution in [0.5, 0.6) is 0 Å². The second-order valence-corrected chi connectivity index (χ2v) is 6.07. The van der Waals surface area contributed by atoms with Gasteiger partial charge < -0.3 is 5.32 Å². The Labute approximate surface area is 180 Å². The molecule has 0 aliphatic carbocycles. The van der Waals surface area contributed by atoms with Gasteiger partial charge in [0.25, 0.3) is 0 Å². The van der Waals surface area contributed by atoms with E-state index < -0.39 is 0 Å². The van der Waals surface area contributed by atoms with Gasteiger partial charge in [0.1, 0.15) is 5.82 Å². The third-order valence-electron chi connectivity index (χ3n) is 4.08. The van der Waals surface area contributed by atoms with Crippen LogP contribution in [0.25, 0.3) is 0 Å². The van der Waals surface area contributed by atoms with E-state index in [0.717, 1.165) is 30.6 Å². The van der Waals surface area contributed by atoms with E-state index in [9.17, 15) is 4.79 Å². The zero-order valence-electron chi connectivity index (χ0n) is 15.6. The summed E-state index contributed by atoms with van der Waals surface area (Å²) in [6, 6.07) is 12.7. The molecule has 1 amide bonds. The first-order valence-electron chi connectivity index (χ1n) is 8.39. The number of aryl methyl sites for hydroxylation is 2. The van der Waals surface area contributed by atoms with E-state index >= 15 is 0 Å². The number of nitrogens with zero attached hydrogens (tertiary/aromatic N) is 1. The fraction of sp³-hybridized carbons (Fsp3) is 0.368.